The average molecular weight is 398 g/mol. The highest BCUT2D eigenvalue weighted by atomic mass is 35.5. The monoisotopic (exact) mass is 397 g/mol. The second-order valence-electron chi connectivity index (χ2n) is 6.07. The molecule has 2 aromatic carbocycles. The zero-order valence-corrected chi connectivity index (χ0v) is 16.4. The fraction of sp³-hybridized carbons (Fsp3) is 0.190. The van der Waals surface area contributed by atoms with Crippen LogP contribution in [-0.2, 0) is 0 Å². The standard InChI is InChI=1S/C21H20ClN3O3/c1-14-3-5-15(6-4-14)18-8-10-20(25-24-18)28-12-11-23-21(26)17-13-16(22)7-9-19(17)27-2/h3-10,13H,11-12H2,1-2H3,(H,23,26). The molecule has 0 bridgehead atoms. The van der Waals surface area contributed by atoms with Gasteiger partial charge in [-0.3, -0.25) is 4.79 Å². The van der Waals surface area contributed by atoms with Crippen molar-refractivity contribution in [2.75, 3.05) is 20.3 Å². The first-order valence-electron chi connectivity index (χ1n) is 8.72. The fourth-order valence-corrected chi connectivity index (χ4v) is 2.72. The highest BCUT2D eigenvalue weighted by Gasteiger charge is 2.12. The number of aryl methyl sites for hydroxylation is 1. The molecule has 0 spiro atoms. The SMILES string of the molecule is COc1ccc(Cl)cc1C(=O)NCCOc1ccc(-c2ccc(C)cc2)nn1. The summed E-state index contributed by atoms with van der Waals surface area (Å²) in [5, 5.41) is 11.5. The number of hydrogen-bond acceptors (Lipinski definition) is 5. The Hall–Kier alpha value is -3.12. The summed E-state index contributed by atoms with van der Waals surface area (Å²) >= 11 is 5.95. The number of amides is 1. The molecule has 1 amide bonds. The van der Waals surface area contributed by atoms with Crippen molar-refractivity contribution >= 4 is 17.5 Å². The third-order valence-corrected chi connectivity index (χ3v) is 4.27. The molecule has 144 valence electrons. The van der Waals surface area contributed by atoms with Gasteiger partial charge in [0.15, 0.2) is 0 Å². The predicted molar refractivity (Wildman–Crippen MR) is 108 cm³/mol. The van der Waals surface area contributed by atoms with E-state index in [1.54, 1.807) is 24.3 Å². The van der Waals surface area contributed by atoms with Crippen LogP contribution in [0.1, 0.15) is 15.9 Å². The van der Waals surface area contributed by atoms with Gasteiger partial charge >= 0.3 is 0 Å². The molecule has 6 nitrogen and oxygen atoms in total. The van der Waals surface area contributed by atoms with Crippen LogP contribution >= 0.6 is 11.6 Å². The Morgan fingerprint density at radius 3 is 2.54 bits per heavy atom. The summed E-state index contributed by atoms with van der Waals surface area (Å²) in [4.78, 5) is 12.3. The first-order chi connectivity index (χ1) is 13.6. The number of ether oxygens (including phenoxy) is 2. The second kappa shape index (κ2) is 9.19. The van der Waals surface area contributed by atoms with Crippen molar-refractivity contribution in [3.63, 3.8) is 0 Å². The van der Waals surface area contributed by atoms with Crippen LogP contribution in [0.5, 0.6) is 11.6 Å². The lowest BCUT2D eigenvalue weighted by atomic mass is 10.1. The molecule has 1 N–H and O–H groups in total. The number of carbonyl (C=O) groups excluding carboxylic acids is 1. The molecular formula is C21H20ClN3O3. The van der Waals surface area contributed by atoms with Crippen LogP contribution in [-0.4, -0.2) is 36.4 Å². The lowest BCUT2D eigenvalue weighted by molar-refractivity contribution is 0.0943. The van der Waals surface area contributed by atoms with Gasteiger partial charge in [-0.1, -0.05) is 41.4 Å². The molecule has 0 atom stereocenters. The lowest BCUT2D eigenvalue weighted by Gasteiger charge is -2.10. The number of nitrogens with zero attached hydrogens (tertiary/aromatic N) is 2. The van der Waals surface area contributed by atoms with Crippen molar-refractivity contribution in [1.82, 2.24) is 15.5 Å². The van der Waals surface area contributed by atoms with Crippen LogP contribution in [0.3, 0.4) is 0 Å². The van der Waals surface area contributed by atoms with E-state index in [-0.39, 0.29) is 12.5 Å². The van der Waals surface area contributed by atoms with Crippen molar-refractivity contribution in [3.8, 4) is 22.9 Å². The number of hydrogen-bond donors (Lipinski definition) is 1. The maximum atomic E-state index is 12.3. The van der Waals surface area contributed by atoms with Gasteiger partial charge in [-0.25, -0.2) is 0 Å². The molecule has 0 aliphatic rings. The molecule has 0 aliphatic heterocycles. The van der Waals surface area contributed by atoms with Gasteiger partial charge in [-0.15, -0.1) is 10.2 Å². The minimum absolute atomic E-state index is 0.257. The summed E-state index contributed by atoms with van der Waals surface area (Å²) in [6, 6.07) is 16.5. The van der Waals surface area contributed by atoms with Crippen LogP contribution < -0.4 is 14.8 Å². The number of halogens is 1. The van der Waals surface area contributed by atoms with E-state index in [0.717, 1.165) is 11.3 Å². The quantitative estimate of drug-likeness (QED) is 0.611. The highest BCUT2D eigenvalue weighted by molar-refractivity contribution is 6.31. The first-order valence-corrected chi connectivity index (χ1v) is 9.10. The van der Waals surface area contributed by atoms with E-state index in [4.69, 9.17) is 21.1 Å². The third kappa shape index (κ3) is 4.98. The largest absolute Gasteiger partial charge is 0.496 e. The highest BCUT2D eigenvalue weighted by Crippen LogP contribution is 2.22. The molecule has 1 aromatic heterocycles. The van der Waals surface area contributed by atoms with E-state index < -0.39 is 0 Å². The Balaban J connectivity index is 1.51. The number of methoxy groups -OCH3 is 1. The summed E-state index contributed by atoms with van der Waals surface area (Å²) in [7, 11) is 1.50. The van der Waals surface area contributed by atoms with Crippen molar-refractivity contribution in [2.24, 2.45) is 0 Å². The molecule has 3 aromatic rings. The average Bonchev–Trinajstić information content (AvgIpc) is 2.72. The molecule has 0 radical (unpaired) electrons. The van der Waals surface area contributed by atoms with Crippen molar-refractivity contribution in [2.45, 2.75) is 6.92 Å². The van der Waals surface area contributed by atoms with Crippen molar-refractivity contribution in [3.05, 3.63) is 70.7 Å². The predicted octanol–water partition coefficient (Wildman–Crippen LogP) is 3.92. The van der Waals surface area contributed by atoms with Gasteiger partial charge in [-0.05, 0) is 31.2 Å². The van der Waals surface area contributed by atoms with E-state index >= 15 is 0 Å². The van der Waals surface area contributed by atoms with Gasteiger partial charge < -0.3 is 14.8 Å². The van der Waals surface area contributed by atoms with Gasteiger partial charge in [0.1, 0.15) is 12.4 Å². The number of benzene rings is 2. The number of carbonyl (C=O) groups is 1. The smallest absolute Gasteiger partial charge is 0.255 e. The zero-order chi connectivity index (χ0) is 19.9. The molecule has 0 saturated heterocycles. The molecule has 0 fully saturated rings. The summed E-state index contributed by atoms with van der Waals surface area (Å²) in [5.41, 5.74) is 3.33. The number of rotatable bonds is 7. The summed E-state index contributed by atoms with van der Waals surface area (Å²) in [6.45, 7) is 2.59. The van der Waals surface area contributed by atoms with Crippen LogP contribution in [0.25, 0.3) is 11.3 Å². The third-order valence-electron chi connectivity index (χ3n) is 4.03. The minimum Gasteiger partial charge on any atom is -0.496 e. The Bertz CT molecular complexity index is 944. The normalized spacial score (nSPS) is 10.4. The first kappa shape index (κ1) is 19.6. The van der Waals surface area contributed by atoms with Gasteiger partial charge in [0.25, 0.3) is 5.91 Å². The van der Waals surface area contributed by atoms with E-state index in [1.807, 2.05) is 37.3 Å². The Labute approximate surface area is 168 Å². The van der Waals surface area contributed by atoms with Crippen LogP contribution in [0.15, 0.2) is 54.6 Å². The van der Waals surface area contributed by atoms with Crippen LogP contribution in [0, 0.1) is 6.92 Å². The lowest BCUT2D eigenvalue weighted by Crippen LogP contribution is -2.28. The Morgan fingerprint density at radius 1 is 1.07 bits per heavy atom. The zero-order valence-electron chi connectivity index (χ0n) is 15.6. The van der Waals surface area contributed by atoms with Crippen molar-refractivity contribution < 1.29 is 14.3 Å². The van der Waals surface area contributed by atoms with Gasteiger partial charge in [0.05, 0.1) is 24.9 Å². The van der Waals surface area contributed by atoms with Gasteiger partial charge in [0.2, 0.25) is 5.88 Å². The van der Waals surface area contributed by atoms with Gasteiger partial charge in [0, 0.05) is 16.7 Å². The second-order valence-corrected chi connectivity index (χ2v) is 6.51. The number of aromatic nitrogens is 2. The minimum atomic E-state index is -0.288. The van der Waals surface area contributed by atoms with E-state index in [2.05, 4.69) is 15.5 Å². The molecule has 3 rings (SSSR count). The number of nitrogens with one attached hydrogen (secondary N) is 1. The summed E-state index contributed by atoms with van der Waals surface area (Å²) in [6.07, 6.45) is 0. The van der Waals surface area contributed by atoms with E-state index in [1.165, 1.54) is 12.7 Å². The summed E-state index contributed by atoms with van der Waals surface area (Å²) < 4.78 is 10.7. The molecule has 0 aliphatic carbocycles. The molecule has 7 heteroatoms. The topological polar surface area (TPSA) is 73.3 Å². The fourth-order valence-electron chi connectivity index (χ4n) is 2.55. The van der Waals surface area contributed by atoms with Crippen molar-refractivity contribution in [1.29, 1.82) is 0 Å². The molecule has 0 unspecified atom stereocenters. The molecule has 1 heterocycles. The molecule has 0 saturated carbocycles. The maximum absolute atomic E-state index is 12.3. The maximum Gasteiger partial charge on any atom is 0.255 e. The van der Waals surface area contributed by atoms with Crippen LogP contribution in [0.4, 0.5) is 0 Å². The molecular weight excluding hydrogens is 378 g/mol. The summed E-state index contributed by atoms with van der Waals surface area (Å²) in [5.74, 6) is 0.564. The van der Waals surface area contributed by atoms with Crippen LogP contribution in [0.2, 0.25) is 5.02 Å². The van der Waals surface area contributed by atoms with Gasteiger partial charge in [-0.2, -0.15) is 0 Å². The Kier molecular flexibility index (Phi) is 6.45. The van der Waals surface area contributed by atoms with E-state index in [9.17, 15) is 4.79 Å². The Morgan fingerprint density at radius 2 is 1.86 bits per heavy atom. The molecule has 28 heavy (non-hydrogen) atoms. The van der Waals surface area contributed by atoms with E-state index in [0.29, 0.717) is 28.8 Å².